The predicted molar refractivity (Wildman–Crippen MR) is 85.9 cm³/mol. The standard InChI is InChI=1S/C10H15O4P.C4H11NO3/c1-2-3-4-9-5-7-10(8-6-9)14-15(11,12)13;5-4(1-6,2-7)3-8/h5-8H,2-4H2,1H3,(H2,11,12,13);6-8H,1-3,5H2. The molecule has 134 valence electrons. The Bertz CT molecular complexity index is 462. The third-order valence-corrected chi connectivity index (χ3v) is 3.36. The van der Waals surface area contributed by atoms with Crippen LogP contribution >= 0.6 is 7.82 Å². The topological polar surface area (TPSA) is 153 Å². The predicted octanol–water partition coefficient (Wildman–Crippen LogP) is 0.162. The number of aliphatic hydroxyl groups excluding tert-OH is 3. The van der Waals surface area contributed by atoms with Gasteiger partial charge < -0.3 is 25.6 Å². The first-order chi connectivity index (χ1) is 10.7. The van der Waals surface area contributed by atoms with Crippen molar-refractivity contribution in [2.24, 2.45) is 5.73 Å². The number of aryl methyl sites for hydroxylation is 1. The molecule has 23 heavy (non-hydrogen) atoms. The summed E-state index contributed by atoms with van der Waals surface area (Å²) in [6.45, 7) is 0.908. The fraction of sp³-hybridized carbons (Fsp3) is 0.571. The van der Waals surface area contributed by atoms with E-state index in [2.05, 4.69) is 11.4 Å². The van der Waals surface area contributed by atoms with Gasteiger partial charge >= 0.3 is 7.82 Å². The fourth-order valence-corrected chi connectivity index (χ4v) is 1.78. The Kier molecular flexibility index (Phi) is 10.3. The van der Waals surface area contributed by atoms with E-state index in [1.165, 1.54) is 0 Å². The van der Waals surface area contributed by atoms with E-state index in [0.29, 0.717) is 0 Å². The maximum Gasteiger partial charge on any atom is 0.524 e. The Morgan fingerprint density at radius 1 is 1.09 bits per heavy atom. The highest BCUT2D eigenvalue weighted by Crippen LogP contribution is 2.37. The van der Waals surface area contributed by atoms with Gasteiger partial charge in [-0.15, -0.1) is 0 Å². The minimum absolute atomic E-state index is 0.198. The monoisotopic (exact) mass is 351 g/mol. The van der Waals surface area contributed by atoms with Gasteiger partial charge in [-0.3, -0.25) is 9.79 Å². The first-order valence-corrected chi connectivity index (χ1v) is 8.68. The van der Waals surface area contributed by atoms with Crippen LogP contribution in [-0.4, -0.2) is 50.5 Å². The van der Waals surface area contributed by atoms with Crippen LogP contribution in [0.5, 0.6) is 5.75 Å². The van der Waals surface area contributed by atoms with E-state index < -0.39 is 33.2 Å². The van der Waals surface area contributed by atoms with Gasteiger partial charge in [0, 0.05) is 0 Å². The number of phosphoric ester groups is 1. The molecule has 0 aliphatic rings. The SMILES string of the molecule is CCCCc1ccc(OP(=O)(O)O)cc1.NC(CO)(CO)CO. The summed E-state index contributed by atoms with van der Waals surface area (Å²) >= 11 is 0. The highest BCUT2D eigenvalue weighted by Gasteiger charge is 2.20. The molecule has 1 aromatic carbocycles. The molecule has 0 bridgehead atoms. The molecule has 0 saturated heterocycles. The number of nitrogens with two attached hydrogens (primary N) is 1. The highest BCUT2D eigenvalue weighted by molar-refractivity contribution is 7.46. The number of rotatable bonds is 8. The van der Waals surface area contributed by atoms with Gasteiger partial charge in [-0.1, -0.05) is 25.5 Å². The van der Waals surface area contributed by atoms with E-state index in [-0.39, 0.29) is 5.75 Å². The molecule has 0 spiro atoms. The van der Waals surface area contributed by atoms with Crippen LogP contribution in [0.2, 0.25) is 0 Å². The lowest BCUT2D eigenvalue weighted by Crippen LogP contribution is -2.50. The Labute approximate surface area is 135 Å². The fourth-order valence-electron chi connectivity index (χ4n) is 1.39. The molecular weight excluding hydrogens is 325 g/mol. The minimum Gasteiger partial charge on any atom is -0.404 e. The second-order valence-corrected chi connectivity index (χ2v) is 6.33. The Hall–Kier alpha value is -0.990. The van der Waals surface area contributed by atoms with Crippen molar-refractivity contribution in [1.82, 2.24) is 0 Å². The number of unbranched alkanes of at least 4 members (excludes halogenated alkanes) is 1. The molecule has 0 atom stereocenters. The summed E-state index contributed by atoms with van der Waals surface area (Å²) in [5.41, 5.74) is 5.09. The summed E-state index contributed by atoms with van der Waals surface area (Å²) in [7, 11) is -4.42. The number of phosphoric acid groups is 1. The van der Waals surface area contributed by atoms with Crippen LogP contribution in [-0.2, 0) is 11.0 Å². The van der Waals surface area contributed by atoms with E-state index in [1.54, 1.807) is 12.1 Å². The quantitative estimate of drug-likeness (QED) is 0.362. The van der Waals surface area contributed by atoms with E-state index in [9.17, 15) is 4.57 Å². The maximum atomic E-state index is 10.5. The van der Waals surface area contributed by atoms with Crippen molar-refractivity contribution in [2.75, 3.05) is 19.8 Å². The summed E-state index contributed by atoms with van der Waals surface area (Å²) in [6, 6.07) is 6.79. The highest BCUT2D eigenvalue weighted by atomic mass is 31.2. The van der Waals surface area contributed by atoms with Gasteiger partial charge in [0.15, 0.2) is 0 Å². The number of benzene rings is 1. The van der Waals surface area contributed by atoms with Crippen LogP contribution in [0.1, 0.15) is 25.3 Å². The third-order valence-electron chi connectivity index (χ3n) is 2.91. The molecule has 0 fully saturated rings. The number of hydrogen-bond acceptors (Lipinski definition) is 6. The molecule has 0 aromatic heterocycles. The number of hydrogen-bond donors (Lipinski definition) is 6. The van der Waals surface area contributed by atoms with Crippen molar-refractivity contribution in [3.8, 4) is 5.75 Å². The summed E-state index contributed by atoms with van der Waals surface area (Å²) in [6.07, 6.45) is 3.21. The average Bonchev–Trinajstić information content (AvgIpc) is 2.52. The van der Waals surface area contributed by atoms with Crippen molar-refractivity contribution >= 4 is 7.82 Å². The second kappa shape index (κ2) is 10.7. The lowest BCUT2D eigenvalue weighted by Gasteiger charge is -2.20. The molecule has 0 amide bonds. The van der Waals surface area contributed by atoms with Crippen LogP contribution in [0.15, 0.2) is 24.3 Å². The summed E-state index contributed by atoms with van der Waals surface area (Å²) < 4.78 is 15.0. The van der Waals surface area contributed by atoms with Crippen molar-refractivity contribution in [3.63, 3.8) is 0 Å². The molecule has 0 unspecified atom stereocenters. The molecule has 1 aromatic rings. The summed E-state index contributed by atoms with van der Waals surface area (Å²) in [5, 5.41) is 25.0. The smallest absolute Gasteiger partial charge is 0.404 e. The Balaban J connectivity index is 0.000000515. The van der Waals surface area contributed by atoms with Gasteiger partial charge in [-0.2, -0.15) is 0 Å². The zero-order valence-electron chi connectivity index (χ0n) is 13.1. The van der Waals surface area contributed by atoms with Crippen LogP contribution < -0.4 is 10.3 Å². The molecule has 1 rings (SSSR count). The molecule has 8 nitrogen and oxygen atoms in total. The molecule has 0 saturated carbocycles. The van der Waals surface area contributed by atoms with E-state index in [1.807, 2.05) is 12.1 Å². The lowest BCUT2D eigenvalue weighted by molar-refractivity contribution is 0.0697. The van der Waals surface area contributed by atoms with E-state index in [0.717, 1.165) is 24.8 Å². The lowest BCUT2D eigenvalue weighted by atomic mass is 10.1. The first kappa shape index (κ1) is 22.0. The minimum atomic E-state index is -4.42. The third kappa shape index (κ3) is 10.4. The number of aliphatic hydroxyl groups is 3. The van der Waals surface area contributed by atoms with Gasteiger partial charge in [0.2, 0.25) is 0 Å². The molecule has 9 heteroatoms. The van der Waals surface area contributed by atoms with Crippen molar-refractivity contribution in [1.29, 1.82) is 0 Å². The molecule has 0 heterocycles. The second-order valence-electron chi connectivity index (χ2n) is 5.17. The largest absolute Gasteiger partial charge is 0.524 e. The molecule has 0 aliphatic carbocycles. The Morgan fingerprint density at radius 2 is 1.57 bits per heavy atom. The normalized spacial score (nSPS) is 11.6. The van der Waals surface area contributed by atoms with Crippen LogP contribution in [0.4, 0.5) is 0 Å². The molecular formula is C14H26NO7P. The summed E-state index contributed by atoms with van der Waals surface area (Å²) in [5.74, 6) is 0.198. The van der Waals surface area contributed by atoms with Crippen molar-refractivity contribution in [2.45, 2.75) is 31.7 Å². The van der Waals surface area contributed by atoms with Crippen LogP contribution in [0.25, 0.3) is 0 Å². The van der Waals surface area contributed by atoms with Gasteiger partial charge in [0.05, 0.1) is 25.4 Å². The van der Waals surface area contributed by atoms with Crippen LogP contribution in [0, 0.1) is 0 Å². The van der Waals surface area contributed by atoms with Gasteiger partial charge in [-0.25, -0.2) is 4.57 Å². The molecule has 0 radical (unpaired) electrons. The van der Waals surface area contributed by atoms with E-state index >= 15 is 0 Å². The molecule has 7 N–H and O–H groups in total. The Morgan fingerprint density at radius 3 is 1.87 bits per heavy atom. The van der Waals surface area contributed by atoms with Crippen molar-refractivity contribution in [3.05, 3.63) is 29.8 Å². The molecule has 0 aliphatic heterocycles. The van der Waals surface area contributed by atoms with Gasteiger partial charge in [-0.05, 0) is 30.5 Å². The first-order valence-electron chi connectivity index (χ1n) is 7.15. The summed E-state index contributed by atoms with van der Waals surface area (Å²) in [4.78, 5) is 17.1. The van der Waals surface area contributed by atoms with Gasteiger partial charge in [0.1, 0.15) is 5.75 Å². The maximum absolute atomic E-state index is 10.5. The van der Waals surface area contributed by atoms with Gasteiger partial charge in [0.25, 0.3) is 0 Å². The zero-order chi connectivity index (χ0) is 17.9. The average molecular weight is 351 g/mol. The van der Waals surface area contributed by atoms with E-state index in [4.69, 9.17) is 30.8 Å². The van der Waals surface area contributed by atoms with Crippen LogP contribution in [0.3, 0.4) is 0 Å². The zero-order valence-corrected chi connectivity index (χ0v) is 14.0. The van der Waals surface area contributed by atoms with Crippen molar-refractivity contribution < 1.29 is 34.2 Å².